The Balaban J connectivity index is 2.06. The summed E-state index contributed by atoms with van der Waals surface area (Å²) in [5, 5.41) is 0. The van der Waals surface area contributed by atoms with Gasteiger partial charge < -0.3 is 10.5 Å². The average molecular weight is 237 g/mol. The zero-order valence-corrected chi connectivity index (χ0v) is 10.6. The van der Waals surface area contributed by atoms with Crippen LogP contribution in [0.15, 0.2) is 18.2 Å². The SMILES string of the molecule is COc1ccc(N)c(CC2CCSCC2)c1. The van der Waals surface area contributed by atoms with Gasteiger partial charge in [0.1, 0.15) is 5.75 Å². The lowest BCUT2D eigenvalue weighted by Gasteiger charge is -2.22. The molecule has 1 aliphatic heterocycles. The van der Waals surface area contributed by atoms with E-state index < -0.39 is 0 Å². The van der Waals surface area contributed by atoms with Crippen molar-refractivity contribution in [3.05, 3.63) is 23.8 Å². The summed E-state index contributed by atoms with van der Waals surface area (Å²) in [6.45, 7) is 0. The maximum atomic E-state index is 6.00. The molecule has 1 saturated heterocycles. The molecule has 16 heavy (non-hydrogen) atoms. The first-order chi connectivity index (χ1) is 7.79. The summed E-state index contributed by atoms with van der Waals surface area (Å²) in [6.07, 6.45) is 3.74. The molecular weight excluding hydrogens is 218 g/mol. The van der Waals surface area contributed by atoms with E-state index >= 15 is 0 Å². The minimum atomic E-state index is 0.802. The van der Waals surface area contributed by atoms with Crippen LogP contribution in [0.3, 0.4) is 0 Å². The topological polar surface area (TPSA) is 35.2 Å². The normalized spacial score (nSPS) is 17.3. The van der Waals surface area contributed by atoms with Crippen molar-refractivity contribution in [3.8, 4) is 5.75 Å². The van der Waals surface area contributed by atoms with Gasteiger partial charge in [0.25, 0.3) is 0 Å². The maximum Gasteiger partial charge on any atom is 0.119 e. The molecule has 3 heteroatoms. The molecule has 0 bridgehead atoms. The number of ether oxygens (including phenoxy) is 1. The van der Waals surface area contributed by atoms with E-state index in [9.17, 15) is 0 Å². The second kappa shape index (κ2) is 5.48. The van der Waals surface area contributed by atoms with Crippen molar-refractivity contribution in [1.82, 2.24) is 0 Å². The van der Waals surface area contributed by atoms with E-state index in [0.29, 0.717) is 0 Å². The molecule has 1 aliphatic rings. The average Bonchev–Trinajstić information content (AvgIpc) is 2.33. The fourth-order valence-electron chi connectivity index (χ4n) is 2.15. The van der Waals surface area contributed by atoms with E-state index in [1.54, 1.807) is 7.11 Å². The summed E-state index contributed by atoms with van der Waals surface area (Å²) in [6, 6.07) is 5.96. The van der Waals surface area contributed by atoms with Crippen LogP contribution in [0, 0.1) is 5.92 Å². The van der Waals surface area contributed by atoms with Gasteiger partial charge >= 0.3 is 0 Å². The van der Waals surface area contributed by atoms with E-state index in [-0.39, 0.29) is 0 Å². The van der Waals surface area contributed by atoms with Crippen LogP contribution in [0.1, 0.15) is 18.4 Å². The molecule has 1 aromatic carbocycles. The zero-order chi connectivity index (χ0) is 11.4. The molecular formula is C13H19NOS. The Labute approximate surface area is 102 Å². The number of hydrogen-bond donors (Lipinski definition) is 1. The largest absolute Gasteiger partial charge is 0.497 e. The number of methoxy groups -OCH3 is 1. The van der Waals surface area contributed by atoms with E-state index in [2.05, 4.69) is 17.8 Å². The fourth-order valence-corrected chi connectivity index (χ4v) is 3.35. The smallest absolute Gasteiger partial charge is 0.119 e. The zero-order valence-electron chi connectivity index (χ0n) is 9.74. The molecule has 1 heterocycles. The van der Waals surface area contributed by atoms with Crippen molar-refractivity contribution in [2.24, 2.45) is 5.92 Å². The molecule has 0 aromatic heterocycles. The van der Waals surface area contributed by atoms with Gasteiger partial charge in [-0.15, -0.1) is 0 Å². The minimum absolute atomic E-state index is 0.802. The third kappa shape index (κ3) is 2.85. The first-order valence-corrected chi connectivity index (χ1v) is 6.95. The summed E-state index contributed by atoms with van der Waals surface area (Å²) in [4.78, 5) is 0. The molecule has 0 amide bonds. The van der Waals surface area contributed by atoms with Gasteiger partial charge in [-0.2, -0.15) is 11.8 Å². The van der Waals surface area contributed by atoms with Gasteiger partial charge in [-0.25, -0.2) is 0 Å². The Morgan fingerprint density at radius 1 is 1.38 bits per heavy atom. The Hall–Kier alpha value is -0.830. The predicted octanol–water partition coefficient (Wildman–Crippen LogP) is 2.96. The number of anilines is 1. The van der Waals surface area contributed by atoms with Crippen molar-refractivity contribution in [1.29, 1.82) is 0 Å². The molecule has 2 N–H and O–H groups in total. The third-order valence-corrected chi connectivity index (χ3v) is 4.25. The summed E-state index contributed by atoms with van der Waals surface area (Å²) in [5.74, 6) is 4.31. The van der Waals surface area contributed by atoms with Gasteiger partial charge in [-0.1, -0.05) is 0 Å². The Morgan fingerprint density at radius 2 is 2.12 bits per heavy atom. The number of nitrogens with two attached hydrogens (primary N) is 1. The summed E-state index contributed by atoms with van der Waals surface area (Å²) < 4.78 is 5.24. The second-order valence-corrected chi connectivity index (χ2v) is 5.55. The van der Waals surface area contributed by atoms with Gasteiger partial charge in [0.2, 0.25) is 0 Å². The van der Waals surface area contributed by atoms with Crippen molar-refractivity contribution in [2.75, 3.05) is 24.3 Å². The fraction of sp³-hybridized carbons (Fsp3) is 0.538. The molecule has 1 fully saturated rings. The van der Waals surface area contributed by atoms with Crippen LogP contribution in [0.2, 0.25) is 0 Å². The number of thioether (sulfide) groups is 1. The van der Waals surface area contributed by atoms with Gasteiger partial charge in [-0.3, -0.25) is 0 Å². The lowest BCUT2D eigenvalue weighted by atomic mass is 9.93. The van der Waals surface area contributed by atoms with Crippen LogP contribution < -0.4 is 10.5 Å². The second-order valence-electron chi connectivity index (χ2n) is 4.32. The summed E-state index contributed by atoms with van der Waals surface area (Å²) >= 11 is 2.07. The number of hydrogen-bond acceptors (Lipinski definition) is 3. The van der Waals surface area contributed by atoms with Crippen LogP contribution in [0.5, 0.6) is 5.75 Å². The van der Waals surface area contributed by atoms with Crippen molar-refractivity contribution in [2.45, 2.75) is 19.3 Å². The highest BCUT2D eigenvalue weighted by molar-refractivity contribution is 7.99. The van der Waals surface area contributed by atoms with Crippen LogP contribution in [0.4, 0.5) is 5.69 Å². The number of nitrogen functional groups attached to an aromatic ring is 1. The van der Waals surface area contributed by atoms with Crippen molar-refractivity contribution in [3.63, 3.8) is 0 Å². The molecule has 1 aromatic rings. The van der Waals surface area contributed by atoms with Crippen LogP contribution >= 0.6 is 11.8 Å². The van der Waals surface area contributed by atoms with E-state index in [0.717, 1.165) is 23.8 Å². The number of benzene rings is 1. The Kier molecular flexibility index (Phi) is 3.99. The molecule has 0 spiro atoms. The van der Waals surface area contributed by atoms with Crippen molar-refractivity contribution < 1.29 is 4.74 Å². The van der Waals surface area contributed by atoms with E-state index in [1.807, 2.05) is 12.1 Å². The quantitative estimate of drug-likeness (QED) is 0.821. The maximum absolute atomic E-state index is 6.00. The molecule has 2 rings (SSSR count). The summed E-state index contributed by atoms with van der Waals surface area (Å²) in [5.41, 5.74) is 8.15. The third-order valence-electron chi connectivity index (χ3n) is 3.20. The van der Waals surface area contributed by atoms with Crippen molar-refractivity contribution >= 4 is 17.4 Å². The van der Waals surface area contributed by atoms with Crippen LogP contribution in [-0.2, 0) is 6.42 Å². The van der Waals surface area contributed by atoms with Gasteiger partial charge in [0.05, 0.1) is 7.11 Å². The molecule has 2 nitrogen and oxygen atoms in total. The highest BCUT2D eigenvalue weighted by atomic mass is 32.2. The van der Waals surface area contributed by atoms with E-state index in [1.165, 1.54) is 29.9 Å². The van der Waals surface area contributed by atoms with Gasteiger partial charge in [-0.05, 0) is 60.4 Å². The molecule has 0 saturated carbocycles. The monoisotopic (exact) mass is 237 g/mol. The first-order valence-electron chi connectivity index (χ1n) is 5.79. The highest BCUT2D eigenvalue weighted by Gasteiger charge is 2.15. The summed E-state index contributed by atoms with van der Waals surface area (Å²) in [7, 11) is 1.70. The van der Waals surface area contributed by atoms with Crippen LogP contribution in [-0.4, -0.2) is 18.6 Å². The van der Waals surface area contributed by atoms with Crippen LogP contribution in [0.25, 0.3) is 0 Å². The molecule has 0 radical (unpaired) electrons. The molecule has 0 aliphatic carbocycles. The Morgan fingerprint density at radius 3 is 2.81 bits per heavy atom. The van der Waals surface area contributed by atoms with Gasteiger partial charge in [0, 0.05) is 5.69 Å². The lowest BCUT2D eigenvalue weighted by molar-refractivity contribution is 0.413. The first kappa shape index (κ1) is 11.6. The minimum Gasteiger partial charge on any atom is -0.497 e. The standard InChI is InChI=1S/C13H19NOS/c1-15-12-2-3-13(14)11(9-12)8-10-4-6-16-7-5-10/h2-3,9-10H,4-8,14H2,1H3. The lowest BCUT2D eigenvalue weighted by Crippen LogP contribution is -2.13. The molecule has 0 unspecified atom stereocenters. The highest BCUT2D eigenvalue weighted by Crippen LogP contribution is 2.29. The predicted molar refractivity (Wildman–Crippen MR) is 71.2 cm³/mol. The molecule has 88 valence electrons. The Bertz CT molecular complexity index is 348. The van der Waals surface area contributed by atoms with Gasteiger partial charge in [0.15, 0.2) is 0 Å². The van der Waals surface area contributed by atoms with E-state index in [4.69, 9.17) is 10.5 Å². The molecule has 0 atom stereocenters. The number of rotatable bonds is 3.